The molecule has 0 saturated carbocycles. The molecule has 2 N–H and O–H groups in total. The minimum atomic E-state index is 0.504. The van der Waals surface area contributed by atoms with Crippen molar-refractivity contribution < 1.29 is 0 Å². The van der Waals surface area contributed by atoms with Gasteiger partial charge in [0.1, 0.15) is 6.07 Å². The first kappa shape index (κ1) is 10.5. The van der Waals surface area contributed by atoms with Crippen LogP contribution in [0.1, 0.15) is 12.0 Å². The summed E-state index contributed by atoms with van der Waals surface area (Å²) in [6.07, 6.45) is 1.15. The van der Waals surface area contributed by atoms with Gasteiger partial charge in [-0.2, -0.15) is 5.26 Å². The van der Waals surface area contributed by atoms with Crippen molar-refractivity contribution in [3.05, 3.63) is 28.2 Å². The molecule has 15 heavy (non-hydrogen) atoms. The van der Waals surface area contributed by atoms with Gasteiger partial charge in [0.05, 0.1) is 5.56 Å². The summed E-state index contributed by atoms with van der Waals surface area (Å²) in [6, 6.07) is 8.36. The van der Waals surface area contributed by atoms with Crippen molar-refractivity contribution >= 4 is 21.6 Å². The Labute approximate surface area is 97.6 Å². The SMILES string of the molecule is N#Cc1ccc(NC2CCNC2)cc1Br. The molecule has 1 atom stereocenters. The Kier molecular flexibility index (Phi) is 3.24. The second kappa shape index (κ2) is 4.65. The molecule has 0 aromatic heterocycles. The lowest BCUT2D eigenvalue weighted by atomic mass is 10.2. The van der Waals surface area contributed by atoms with E-state index in [0.29, 0.717) is 11.6 Å². The summed E-state index contributed by atoms with van der Waals surface area (Å²) in [6.45, 7) is 2.09. The third-order valence-corrected chi connectivity index (χ3v) is 3.18. The van der Waals surface area contributed by atoms with Crippen LogP contribution < -0.4 is 10.6 Å². The van der Waals surface area contributed by atoms with Crippen molar-refractivity contribution in [2.45, 2.75) is 12.5 Å². The van der Waals surface area contributed by atoms with Crippen LogP contribution in [0, 0.1) is 11.3 Å². The third kappa shape index (κ3) is 2.49. The summed E-state index contributed by atoms with van der Waals surface area (Å²) in [5.74, 6) is 0. The first-order valence-electron chi connectivity index (χ1n) is 4.96. The Bertz CT molecular complexity index is 391. The molecule has 1 heterocycles. The maximum atomic E-state index is 8.78. The number of rotatable bonds is 2. The fraction of sp³-hybridized carbons (Fsp3) is 0.364. The van der Waals surface area contributed by atoms with E-state index in [1.807, 2.05) is 18.2 Å². The van der Waals surface area contributed by atoms with Gasteiger partial charge < -0.3 is 10.6 Å². The zero-order valence-corrected chi connectivity index (χ0v) is 9.84. The Morgan fingerprint density at radius 1 is 1.53 bits per heavy atom. The van der Waals surface area contributed by atoms with Gasteiger partial charge in [-0.25, -0.2) is 0 Å². The predicted molar refractivity (Wildman–Crippen MR) is 63.8 cm³/mol. The van der Waals surface area contributed by atoms with Crippen molar-refractivity contribution in [1.29, 1.82) is 5.26 Å². The molecule has 2 rings (SSSR count). The number of hydrogen-bond acceptors (Lipinski definition) is 3. The van der Waals surface area contributed by atoms with Gasteiger partial charge in [0.2, 0.25) is 0 Å². The largest absolute Gasteiger partial charge is 0.381 e. The molecule has 78 valence electrons. The van der Waals surface area contributed by atoms with E-state index in [2.05, 4.69) is 32.6 Å². The monoisotopic (exact) mass is 265 g/mol. The molecule has 1 aliphatic heterocycles. The molecule has 1 aromatic carbocycles. The number of hydrogen-bond donors (Lipinski definition) is 2. The molecule has 1 unspecified atom stereocenters. The fourth-order valence-corrected chi connectivity index (χ4v) is 2.18. The number of halogens is 1. The van der Waals surface area contributed by atoms with Crippen molar-refractivity contribution in [2.75, 3.05) is 18.4 Å². The predicted octanol–water partition coefficient (Wildman–Crippen LogP) is 2.09. The molecule has 0 radical (unpaired) electrons. The van der Waals surface area contributed by atoms with E-state index in [-0.39, 0.29) is 0 Å². The normalized spacial score (nSPS) is 19.9. The minimum Gasteiger partial charge on any atom is -0.381 e. The van der Waals surface area contributed by atoms with E-state index in [9.17, 15) is 0 Å². The summed E-state index contributed by atoms with van der Waals surface area (Å²) in [7, 11) is 0. The molecule has 0 bridgehead atoms. The summed E-state index contributed by atoms with van der Waals surface area (Å²) in [5.41, 5.74) is 1.74. The van der Waals surface area contributed by atoms with E-state index in [0.717, 1.165) is 29.7 Å². The van der Waals surface area contributed by atoms with Gasteiger partial charge in [-0.15, -0.1) is 0 Å². The van der Waals surface area contributed by atoms with Gasteiger partial charge in [-0.3, -0.25) is 0 Å². The smallest absolute Gasteiger partial charge is 0.100 e. The van der Waals surface area contributed by atoms with Crippen LogP contribution in [0.3, 0.4) is 0 Å². The molecule has 0 aliphatic carbocycles. The van der Waals surface area contributed by atoms with Gasteiger partial charge in [0, 0.05) is 22.7 Å². The van der Waals surface area contributed by atoms with Crippen molar-refractivity contribution in [3.8, 4) is 6.07 Å². The Morgan fingerprint density at radius 2 is 2.40 bits per heavy atom. The van der Waals surface area contributed by atoms with Crippen molar-refractivity contribution in [3.63, 3.8) is 0 Å². The van der Waals surface area contributed by atoms with Gasteiger partial charge in [0.25, 0.3) is 0 Å². The summed E-state index contributed by atoms with van der Waals surface area (Å²) < 4.78 is 0.848. The highest BCUT2D eigenvalue weighted by atomic mass is 79.9. The Morgan fingerprint density at radius 3 is 3.00 bits per heavy atom. The zero-order chi connectivity index (χ0) is 10.7. The molecule has 1 aromatic rings. The maximum absolute atomic E-state index is 8.78. The van der Waals surface area contributed by atoms with E-state index >= 15 is 0 Å². The van der Waals surface area contributed by atoms with E-state index in [1.54, 1.807) is 0 Å². The Hall–Kier alpha value is -1.05. The molecular weight excluding hydrogens is 254 g/mol. The van der Waals surface area contributed by atoms with Crippen LogP contribution in [0.2, 0.25) is 0 Å². The number of nitriles is 1. The molecule has 3 nitrogen and oxygen atoms in total. The molecule has 4 heteroatoms. The highest BCUT2D eigenvalue weighted by Crippen LogP contribution is 2.21. The van der Waals surface area contributed by atoms with Crippen LogP contribution in [0.15, 0.2) is 22.7 Å². The molecule has 0 amide bonds. The second-order valence-corrected chi connectivity index (χ2v) is 4.49. The van der Waals surface area contributed by atoms with Crippen LogP contribution in [0.5, 0.6) is 0 Å². The number of benzene rings is 1. The zero-order valence-electron chi connectivity index (χ0n) is 8.26. The fourth-order valence-electron chi connectivity index (χ4n) is 1.71. The van der Waals surface area contributed by atoms with Crippen LogP contribution in [-0.2, 0) is 0 Å². The van der Waals surface area contributed by atoms with Gasteiger partial charge >= 0.3 is 0 Å². The molecular formula is C11H12BrN3. The molecule has 0 spiro atoms. The average molecular weight is 266 g/mol. The number of anilines is 1. The highest BCUT2D eigenvalue weighted by Gasteiger charge is 2.13. The molecule has 1 fully saturated rings. The van der Waals surface area contributed by atoms with Gasteiger partial charge in [-0.05, 0) is 47.1 Å². The van der Waals surface area contributed by atoms with E-state index < -0.39 is 0 Å². The summed E-state index contributed by atoms with van der Waals surface area (Å²) in [5, 5.41) is 15.5. The van der Waals surface area contributed by atoms with E-state index in [1.165, 1.54) is 0 Å². The first-order valence-corrected chi connectivity index (χ1v) is 5.76. The van der Waals surface area contributed by atoms with Gasteiger partial charge in [0.15, 0.2) is 0 Å². The quantitative estimate of drug-likeness (QED) is 0.861. The lowest BCUT2D eigenvalue weighted by molar-refractivity contribution is 0.793. The van der Waals surface area contributed by atoms with Crippen molar-refractivity contribution in [1.82, 2.24) is 5.32 Å². The summed E-state index contributed by atoms with van der Waals surface area (Å²) in [4.78, 5) is 0. The highest BCUT2D eigenvalue weighted by molar-refractivity contribution is 9.10. The van der Waals surface area contributed by atoms with Crippen LogP contribution in [0.4, 0.5) is 5.69 Å². The number of nitrogens with zero attached hydrogens (tertiary/aromatic N) is 1. The van der Waals surface area contributed by atoms with Crippen LogP contribution >= 0.6 is 15.9 Å². The topological polar surface area (TPSA) is 47.9 Å². The third-order valence-electron chi connectivity index (χ3n) is 2.52. The average Bonchev–Trinajstić information content (AvgIpc) is 2.71. The first-order chi connectivity index (χ1) is 7.29. The van der Waals surface area contributed by atoms with Gasteiger partial charge in [-0.1, -0.05) is 0 Å². The molecule has 1 saturated heterocycles. The lowest BCUT2D eigenvalue weighted by Crippen LogP contribution is -2.21. The lowest BCUT2D eigenvalue weighted by Gasteiger charge is -2.13. The van der Waals surface area contributed by atoms with Crippen LogP contribution in [-0.4, -0.2) is 19.1 Å². The number of nitrogens with one attached hydrogen (secondary N) is 2. The Balaban J connectivity index is 2.09. The van der Waals surface area contributed by atoms with Crippen molar-refractivity contribution in [2.24, 2.45) is 0 Å². The minimum absolute atomic E-state index is 0.504. The summed E-state index contributed by atoms with van der Waals surface area (Å²) >= 11 is 3.38. The maximum Gasteiger partial charge on any atom is 0.100 e. The second-order valence-electron chi connectivity index (χ2n) is 3.64. The molecule has 1 aliphatic rings. The standard InChI is InChI=1S/C11H12BrN3/c12-11-5-9(2-1-8(11)6-13)15-10-3-4-14-7-10/h1-2,5,10,14-15H,3-4,7H2. The van der Waals surface area contributed by atoms with E-state index in [4.69, 9.17) is 5.26 Å². The van der Waals surface area contributed by atoms with Crippen LogP contribution in [0.25, 0.3) is 0 Å².